The summed E-state index contributed by atoms with van der Waals surface area (Å²) in [6.07, 6.45) is 0.678. The Bertz CT molecular complexity index is 577. The molecule has 20 heavy (non-hydrogen) atoms. The molecule has 1 atom stereocenters. The molecule has 1 aliphatic rings. The number of hydrogen-bond acceptors (Lipinski definition) is 2. The summed E-state index contributed by atoms with van der Waals surface area (Å²) in [6.45, 7) is 1.85. The average Bonchev–Trinajstić information content (AvgIpc) is 2.41. The number of aliphatic carboxylic acids is 1. The van der Waals surface area contributed by atoms with Gasteiger partial charge in [-0.15, -0.1) is 0 Å². The van der Waals surface area contributed by atoms with Crippen molar-refractivity contribution in [1.82, 2.24) is 4.90 Å². The van der Waals surface area contributed by atoms with Crippen molar-refractivity contribution >= 4 is 23.5 Å². The van der Waals surface area contributed by atoms with Crippen molar-refractivity contribution in [3.63, 3.8) is 0 Å². The second kappa shape index (κ2) is 5.67. The van der Waals surface area contributed by atoms with Crippen LogP contribution in [0.2, 0.25) is 5.02 Å². The van der Waals surface area contributed by atoms with E-state index in [1.165, 1.54) is 4.90 Å². The highest BCUT2D eigenvalue weighted by Crippen LogP contribution is 2.37. The summed E-state index contributed by atoms with van der Waals surface area (Å²) >= 11 is 5.85. The summed E-state index contributed by atoms with van der Waals surface area (Å²) < 4.78 is 0. The first-order valence-electron chi connectivity index (χ1n) is 6.44. The standard InChI is InChI=1S/C15H16ClNO3/c1-3-12-14(15(19)20)11(8-13(18)17(12)2)9-4-6-10(16)7-5-9/h4-7,11H,3,8H2,1-2H3,(H,19,20). The predicted octanol–water partition coefficient (Wildman–Crippen LogP) is 3.03. The van der Waals surface area contributed by atoms with Gasteiger partial charge in [-0.1, -0.05) is 30.7 Å². The molecule has 0 radical (unpaired) electrons. The number of rotatable bonds is 3. The normalized spacial score (nSPS) is 19.4. The lowest BCUT2D eigenvalue weighted by Gasteiger charge is -2.32. The zero-order valence-electron chi connectivity index (χ0n) is 11.4. The Labute approximate surface area is 122 Å². The van der Waals surface area contributed by atoms with Crippen molar-refractivity contribution in [2.75, 3.05) is 7.05 Å². The van der Waals surface area contributed by atoms with E-state index < -0.39 is 11.9 Å². The van der Waals surface area contributed by atoms with Crippen LogP contribution in [-0.2, 0) is 9.59 Å². The Morgan fingerprint density at radius 2 is 2.00 bits per heavy atom. The average molecular weight is 294 g/mol. The molecule has 0 aromatic heterocycles. The first kappa shape index (κ1) is 14.6. The molecule has 1 heterocycles. The lowest BCUT2D eigenvalue weighted by Crippen LogP contribution is -2.36. The number of carboxylic acids is 1. The van der Waals surface area contributed by atoms with E-state index in [-0.39, 0.29) is 12.3 Å². The topological polar surface area (TPSA) is 57.6 Å². The molecule has 2 rings (SSSR count). The summed E-state index contributed by atoms with van der Waals surface area (Å²) in [4.78, 5) is 25.1. The monoisotopic (exact) mass is 293 g/mol. The van der Waals surface area contributed by atoms with Gasteiger partial charge in [0.25, 0.3) is 0 Å². The van der Waals surface area contributed by atoms with Crippen LogP contribution in [0.25, 0.3) is 0 Å². The van der Waals surface area contributed by atoms with E-state index in [1.807, 2.05) is 6.92 Å². The van der Waals surface area contributed by atoms with Gasteiger partial charge >= 0.3 is 5.97 Å². The molecule has 1 unspecified atom stereocenters. The van der Waals surface area contributed by atoms with Gasteiger partial charge in [0.15, 0.2) is 0 Å². The number of hydrogen-bond donors (Lipinski definition) is 1. The maximum atomic E-state index is 12.1. The summed E-state index contributed by atoms with van der Waals surface area (Å²) in [7, 11) is 1.63. The maximum absolute atomic E-state index is 12.1. The molecule has 1 amide bonds. The number of benzene rings is 1. The molecule has 1 aliphatic heterocycles. The van der Waals surface area contributed by atoms with Gasteiger partial charge in [-0.2, -0.15) is 0 Å². The number of carboxylic acid groups (broad SMARTS) is 1. The highest BCUT2D eigenvalue weighted by molar-refractivity contribution is 6.30. The van der Waals surface area contributed by atoms with Crippen LogP contribution in [0.3, 0.4) is 0 Å². The third-order valence-corrected chi connectivity index (χ3v) is 3.91. The fourth-order valence-electron chi connectivity index (χ4n) is 2.63. The Morgan fingerprint density at radius 3 is 2.50 bits per heavy atom. The largest absolute Gasteiger partial charge is 0.478 e. The Hall–Kier alpha value is -1.81. The summed E-state index contributed by atoms with van der Waals surface area (Å²) in [6, 6.07) is 6.99. The van der Waals surface area contributed by atoms with Crippen LogP contribution in [0.15, 0.2) is 35.5 Å². The molecule has 106 valence electrons. The van der Waals surface area contributed by atoms with Gasteiger partial charge in [0.2, 0.25) is 5.91 Å². The van der Waals surface area contributed by atoms with Crippen molar-refractivity contribution in [2.24, 2.45) is 0 Å². The molecule has 0 saturated heterocycles. The highest BCUT2D eigenvalue weighted by Gasteiger charge is 2.35. The van der Waals surface area contributed by atoms with E-state index in [2.05, 4.69) is 0 Å². The first-order valence-corrected chi connectivity index (χ1v) is 6.81. The van der Waals surface area contributed by atoms with Crippen LogP contribution >= 0.6 is 11.6 Å². The lowest BCUT2D eigenvalue weighted by atomic mass is 9.83. The van der Waals surface area contributed by atoms with Crippen molar-refractivity contribution in [1.29, 1.82) is 0 Å². The number of carbonyl (C=O) groups excluding carboxylic acids is 1. The minimum atomic E-state index is -0.971. The molecule has 0 bridgehead atoms. The fraction of sp³-hybridized carbons (Fsp3) is 0.333. The minimum absolute atomic E-state index is 0.0631. The van der Waals surface area contributed by atoms with Gasteiger partial charge < -0.3 is 10.0 Å². The smallest absolute Gasteiger partial charge is 0.333 e. The third kappa shape index (κ3) is 2.56. The van der Waals surface area contributed by atoms with Crippen LogP contribution in [-0.4, -0.2) is 28.9 Å². The Kier molecular flexibility index (Phi) is 4.14. The summed E-state index contributed by atoms with van der Waals surface area (Å²) in [5.41, 5.74) is 1.69. The Morgan fingerprint density at radius 1 is 1.40 bits per heavy atom. The van der Waals surface area contributed by atoms with Gasteiger partial charge in [0.05, 0.1) is 5.57 Å². The van der Waals surface area contributed by atoms with E-state index in [9.17, 15) is 14.7 Å². The van der Waals surface area contributed by atoms with Crippen LogP contribution in [0.4, 0.5) is 0 Å². The van der Waals surface area contributed by atoms with Gasteiger partial charge in [0.1, 0.15) is 0 Å². The molecule has 5 heteroatoms. The van der Waals surface area contributed by atoms with E-state index in [1.54, 1.807) is 31.3 Å². The Balaban J connectivity index is 2.55. The fourth-order valence-corrected chi connectivity index (χ4v) is 2.75. The number of carbonyl (C=O) groups is 2. The number of allylic oxidation sites excluding steroid dienone is 1. The number of nitrogens with zero attached hydrogens (tertiary/aromatic N) is 1. The maximum Gasteiger partial charge on any atom is 0.333 e. The molecule has 0 aliphatic carbocycles. The molecule has 0 saturated carbocycles. The van der Waals surface area contributed by atoms with Crippen LogP contribution in [0.1, 0.15) is 31.2 Å². The summed E-state index contributed by atoms with van der Waals surface area (Å²) in [5.74, 6) is -1.45. The molecule has 1 N–H and O–H groups in total. The van der Waals surface area contributed by atoms with E-state index >= 15 is 0 Å². The van der Waals surface area contributed by atoms with E-state index in [0.29, 0.717) is 22.7 Å². The van der Waals surface area contributed by atoms with Crippen LogP contribution in [0, 0.1) is 0 Å². The number of amides is 1. The molecule has 0 spiro atoms. The SMILES string of the molecule is CCC1=C(C(=O)O)C(c2ccc(Cl)cc2)CC(=O)N1C. The zero-order valence-corrected chi connectivity index (χ0v) is 12.1. The molecule has 1 aromatic rings. The number of halogens is 1. The summed E-state index contributed by atoms with van der Waals surface area (Å²) in [5, 5.41) is 10.1. The van der Waals surface area contributed by atoms with Gasteiger partial charge in [0, 0.05) is 30.1 Å². The quantitative estimate of drug-likeness (QED) is 0.932. The molecular formula is C15H16ClNO3. The predicted molar refractivity (Wildman–Crippen MR) is 76.5 cm³/mol. The van der Waals surface area contributed by atoms with Crippen LogP contribution < -0.4 is 0 Å². The lowest BCUT2D eigenvalue weighted by molar-refractivity contribution is -0.134. The van der Waals surface area contributed by atoms with Crippen molar-refractivity contribution < 1.29 is 14.7 Å². The second-order valence-corrected chi connectivity index (χ2v) is 5.22. The molecule has 0 fully saturated rings. The van der Waals surface area contributed by atoms with Crippen molar-refractivity contribution in [3.05, 3.63) is 46.1 Å². The highest BCUT2D eigenvalue weighted by atomic mass is 35.5. The van der Waals surface area contributed by atoms with Crippen LogP contribution in [0.5, 0.6) is 0 Å². The third-order valence-electron chi connectivity index (χ3n) is 3.65. The van der Waals surface area contributed by atoms with E-state index in [0.717, 1.165) is 5.56 Å². The van der Waals surface area contributed by atoms with Crippen molar-refractivity contribution in [2.45, 2.75) is 25.7 Å². The van der Waals surface area contributed by atoms with Gasteiger partial charge in [-0.05, 0) is 24.1 Å². The van der Waals surface area contributed by atoms with Gasteiger partial charge in [-0.25, -0.2) is 4.79 Å². The molecule has 4 nitrogen and oxygen atoms in total. The van der Waals surface area contributed by atoms with Gasteiger partial charge in [-0.3, -0.25) is 4.79 Å². The first-order chi connectivity index (χ1) is 9.45. The zero-order chi connectivity index (χ0) is 14.9. The molecule has 1 aromatic carbocycles. The van der Waals surface area contributed by atoms with Crippen molar-refractivity contribution in [3.8, 4) is 0 Å². The molecular weight excluding hydrogens is 278 g/mol. The minimum Gasteiger partial charge on any atom is -0.478 e. The van der Waals surface area contributed by atoms with E-state index in [4.69, 9.17) is 11.6 Å². The second-order valence-electron chi connectivity index (χ2n) is 4.78.